The highest BCUT2D eigenvalue weighted by Gasteiger charge is 2.06. The van der Waals surface area contributed by atoms with E-state index >= 15 is 0 Å². The van der Waals surface area contributed by atoms with E-state index in [1.54, 1.807) is 7.11 Å². The molecule has 0 saturated carbocycles. The van der Waals surface area contributed by atoms with Gasteiger partial charge < -0.3 is 10.1 Å². The molecule has 1 aromatic carbocycles. The topological polar surface area (TPSA) is 47.0 Å². The van der Waals surface area contributed by atoms with Gasteiger partial charge in [-0.2, -0.15) is 4.37 Å². The Bertz CT molecular complexity index is 566. The highest BCUT2D eigenvalue weighted by atomic mass is 79.9. The first-order chi connectivity index (χ1) is 9.60. The van der Waals surface area contributed by atoms with E-state index in [4.69, 9.17) is 4.74 Å². The largest absolute Gasteiger partial charge is 0.384 e. The van der Waals surface area contributed by atoms with Crippen LogP contribution in [0, 0.1) is 6.92 Å². The highest BCUT2D eigenvalue weighted by Crippen LogP contribution is 2.26. The van der Waals surface area contributed by atoms with E-state index in [0.29, 0.717) is 6.61 Å². The van der Waals surface area contributed by atoms with Gasteiger partial charge in [0.25, 0.3) is 0 Å². The summed E-state index contributed by atoms with van der Waals surface area (Å²) >= 11 is 8.50. The van der Waals surface area contributed by atoms with E-state index in [2.05, 4.69) is 65.6 Å². The third-order valence-electron chi connectivity index (χ3n) is 2.78. The van der Waals surface area contributed by atoms with Gasteiger partial charge in [-0.05, 0) is 30.2 Å². The Morgan fingerprint density at radius 1 is 1.30 bits per heavy atom. The van der Waals surface area contributed by atoms with Crippen LogP contribution in [0.2, 0.25) is 0 Å². The second kappa shape index (κ2) is 7.49. The van der Waals surface area contributed by atoms with Gasteiger partial charge in [-0.25, -0.2) is 4.98 Å². The number of benzene rings is 1. The maximum atomic E-state index is 5.02. The molecule has 0 spiro atoms. The predicted molar refractivity (Wildman–Crippen MR) is 89.4 cm³/mol. The Morgan fingerprint density at radius 2 is 2.00 bits per heavy atom. The lowest BCUT2D eigenvalue weighted by atomic mass is 10.1. The van der Waals surface area contributed by atoms with Crippen LogP contribution in [0.4, 0.5) is 5.13 Å². The fourth-order valence-corrected chi connectivity index (χ4v) is 3.49. The van der Waals surface area contributed by atoms with E-state index in [1.807, 2.05) is 0 Å². The number of methoxy groups -OCH3 is 1. The third-order valence-corrected chi connectivity index (χ3v) is 5.14. The van der Waals surface area contributed by atoms with Gasteiger partial charge in [-0.15, -0.1) is 0 Å². The molecule has 0 radical (unpaired) electrons. The van der Waals surface area contributed by atoms with Gasteiger partial charge in [-0.3, -0.25) is 0 Å². The summed E-state index contributed by atoms with van der Waals surface area (Å²) in [6.07, 6.45) is 0.746. The van der Waals surface area contributed by atoms with Crippen molar-refractivity contribution in [3.05, 3.63) is 38.0 Å². The van der Waals surface area contributed by atoms with Crippen molar-refractivity contribution in [1.29, 1.82) is 0 Å². The number of halogens is 2. The second-order valence-corrected chi connectivity index (χ2v) is 6.76. The number of aromatic nitrogens is 2. The van der Waals surface area contributed by atoms with Crippen LogP contribution in [0.25, 0.3) is 0 Å². The molecule has 0 unspecified atom stereocenters. The zero-order valence-electron chi connectivity index (χ0n) is 11.2. The zero-order chi connectivity index (χ0) is 14.5. The third kappa shape index (κ3) is 4.25. The van der Waals surface area contributed by atoms with Crippen LogP contribution in [-0.2, 0) is 17.7 Å². The molecule has 1 heterocycles. The smallest absolute Gasteiger partial charge is 0.202 e. The minimum absolute atomic E-state index is 0.647. The maximum Gasteiger partial charge on any atom is 0.202 e. The van der Waals surface area contributed by atoms with Crippen LogP contribution in [0.5, 0.6) is 0 Å². The summed E-state index contributed by atoms with van der Waals surface area (Å²) in [5.41, 5.74) is 2.38. The summed E-state index contributed by atoms with van der Waals surface area (Å²) in [7, 11) is 1.68. The van der Waals surface area contributed by atoms with Crippen LogP contribution in [0.3, 0.4) is 0 Å². The molecule has 0 amide bonds. The first-order valence-electron chi connectivity index (χ1n) is 6.10. The van der Waals surface area contributed by atoms with Crippen molar-refractivity contribution >= 4 is 48.5 Å². The van der Waals surface area contributed by atoms with Crippen LogP contribution in [0.15, 0.2) is 21.1 Å². The Morgan fingerprint density at radius 3 is 2.65 bits per heavy atom. The van der Waals surface area contributed by atoms with Gasteiger partial charge in [0.05, 0.1) is 6.61 Å². The predicted octanol–water partition coefficient (Wildman–Crippen LogP) is 4.17. The molecule has 1 aromatic heterocycles. The van der Waals surface area contributed by atoms with E-state index in [-0.39, 0.29) is 0 Å². The maximum absolute atomic E-state index is 5.02. The van der Waals surface area contributed by atoms with Crippen molar-refractivity contribution in [2.45, 2.75) is 19.9 Å². The number of nitrogens with one attached hydrogen (secondary N) is 1. The van der Waals surface area contributed by atoms with Crippen molar-refractivity contribution in [3.63, 3.8) is 0 Å². The molecule has 4 nitrogen and oxygen atoms in total. The van der Waals surface area contributed by atoms with Crippen LogP contribution in [-0.4, -0.2) is 23.1 Å². The Hall–Kier alpha value is -0.500. The molecule has 2 aromatic rings. The number of hydrogen-bond acceptors (Lipinski definition) is 5. The SMILES string of the molecule is COCCc1nsc(NCc2cc(Br)c(C)c(Br)c2)n1. The van der Waals surface area contributed by atoms with Gasteiger partial charge in [0, 0.05) is 40.6 Å². The summed E-state index contributed by atoms with van der Waals surface area (Å²) in [4.78, 5) is 4.42. The van der Waals surface area contributed by atoms with Crippen molar-refractivity contribution in [2.75, 3.05) is 19.0 Å². The van der Waals surface area contributed by atoms with E-state index in [1.165, 1.54) is 22.7 Å². The average Bonchev–Trinajstić information content (AvgIpc) is 2.88. The molecule has 20 heavy (non-hydrogen) atoms. The number of ether oxygens (including phenoxy) is 1. The lowest BCUT2D eigenvalue weighted by Crippen LogP contribution is -2.01. The fourth-order valence-electron chi connectivity index (χ4n) is 1.60. The summed E-state index contributed by atoms with van der Waals surface area (Å²) in [5, 5.41) is 4.13. The van der Waals surface area contributed by atoms with Crippen LogP contribution >= 0.6 is 43.4 Å². The van der Waals surface area contributed by atoms with Gasteiger partial charge >= 0.3 is 0 Å². The van der Waals surface area contributed by atoms with Gasteiger partial charge in [0.2, 0.25) is 5.13 Å². The Kier molecular flexibility index (Phi) is 5.95. The zero-order valence-corrected chi connectivity index (χ0v) is 15.2. The lowest BCUT2D eigenvalue weighted by Gasteiger charge is -2.07. The minimum atomic E-state index is 0.647. The second-order valence-electron chi connectivity index (χ2n) is 4.30. The lowest BCUT2D eigenvalue weighted by molar-refractivity contribution is 0.201. The average molecular weight is 421 g/mol. The minimum Gasteiger partial charge on any atom is -0.384 e. The molecule has 0 aliphatic carbocycles. The molecule has 0 aliphatic heterocycles. The van der Waals surface area contributed by atoms with Gasteiger partial charge in [-0.1, -0.05) is 31.9 Å². The highest BCUT2D eigenvalue weighted by molar-refractivity contribution is 9.11. The summed E-state index contributed by atoms with van der Waals surface area (Å²) in [5.74, 6) is 0.825. The molecule has 0 saturated heterocycles. The van der Waals surface area contributed by atoms with Crippen LogP contribution < -0.4 is 5.32 Å². The van der Waals surface area contributed by atoms with E-state index in [0.717, 1.165) is 32.9 Å². The fraction of sp³-hybridized carbons (Fsp3) is 0.385. The van der Waals surface area contributed by atoms with Crippen molar-refractivity contribution in [3.8, 4) is 0 Å². The number of hydrogen-bond donors (Lipinski definition) is 1. The van der Waals surface area contributed by atoms with Crippen molar-refractivity contribution in [1.82, 2.24) is 9.36 Å². The summed E-state index contributed by atoms with van der Waals surface area (Å²) < 4.78 is 11.5. The van der Waals surface area contributed by atoms with Crippen molar-refractivity contribution in [2.24, 2.45) is 0 Å². The summed E-state index contributed by atoms with van der Waals surface area (Å²) in [6, 6.07) is 4.22. The number of nitrogens with zero attached hydrogens (tertiary/aromatic N) is 2. The van der Waals surface area contributed by atoms with Gasteiger partial charge in [0.1, 0.15) is 5.82 Å². The quantitative estimate of drug-likeness (QED) is 0.761. The first-order valence-corrected chi connectivity index (χ1v) is 8.46. The molecule has 2 rings (SSSR count). The first kappa shape index (κ1) is 15.9. The molecule has 0 bridgehead atoms. The van der Waals surface area contributed by atoms with Crippen molar-refractivity contribution < 1.29 is 4.74 Å². The molecule has 108 valence electrons. The standard InChI is InChI=1S/C13H15Br2N3OS/c1-8-10(14)5-9(6-11(8)15)7-16-13-17-12(18-20-13)3-4-19-2/h5-6H,3-4,7H2,1-2H3,(H,16,17,18). The molecule has 1 N–H and O–H groups in total. The molecule has 7 heteroatoms. The molecular weight excluding hydrogens is 406 g/mol. The molecular formula is C13H15Br2N3OS. The monoisotopic (exact) mass is 419 g/mol. The van der Waals surface area contributed by atoms with Gasteiger partial charge in [0.15, 0.2) is 0 Å². The van der Waals surface area contributed by atoms with Crippen LogP contribution in [0.1, 0.15) is 17.0 Å². The van der Waals surface area contributed by atoms with E-state index in [9.17, 15) is 0 Å². The number of anilines is 1. The Balaban J connectivity index is 1.96. The Labute approximate surface area is 139 Å². The normalized spacial score (nSPS) is 10.8. The molecule has 0 aliphatic rings. The summed E-state index contributed by atoms with van der Waals surface area (Å²) in [6.45, 7) is 3.43. The number of rotatable bonds is 6. The molecule has 0 fully saturated rings. The molecule has 0 atom stereocenters. The van der Waals surface area contributed by atoms with E-state index < -0.39 is 0 Å².